The Morgan fingerprint density at radius 2 is 1.72 bits per heavy atom. The van der Waals surface area contributed by atoms with Crippen molar-refractivity contribution in [1.29, 1.82) is 0 Å². The van der Waals surface area contributed by atoms with Crippen LogP contribution >= 0.6 is 0 Å². The lowest BCUT2D eigenvalue weighted by atomic mass is 10.2. The molecule has 0 amide bonds. The van der Waals surface area contributed by atoms with Gasteiger partial charge in [0, 0.05) is 30.4 Å². The van der Waals surface area contributed by atoms with E-state index in [9.17, 15) is 0 Å². The van der Waals surface area contributed by atoms with Crippen molar-refractivity contribution in [2.24, 2.45) is 0 Å². The van der Waals surface area contributed by atoms with Crippen LogP contribution in [0.1, 0.15) is 18.9 Å². The maximum Gasteiger partial charge on any atom is 0.163 e. The Labute approximate surface area is 174 Å². The van der Waals surface area contributed by atoms with E-state index < -0.39 is 0 Å². The number of hydrogen-bond donors (Lipinski definition) is 1. The van der Waals surface area contributed by atoms with Crippen molar-refractivity contribution in [2.45, 2.75) is 20.3 Å². The van der Waals surface area contributed by atoms with E-state index in [-0.39, 0.29) is 0 Å². The van der Waals surface area contributed by atoms with Gasteiger partial charge in [-0.2, -0.15) is 0 Å². The van der Waals surface area contributed by atoms with E-state index in [0.717, 1.165) is 54.8 Å². The lowest BCUT2D eigenvalue weighted by Gasteiger charge is -2.24. The monoisotopic (exact) mass is 389 g/mol. The van der Waals surface area contributed by atoms with Gasteiger partial charge in [-0.3, -0.25) is 0 Å². The Kier molecular flexibility index (Phi) is 7.19. The van der Waals surface area contributed by atoms with Crippen LogP contribution in [0.2, 0.25) is 0 Å². The van der Waals surface area contributed by atoms with Crippen LogP contribution in [-0.4, -0.2) is 48.6 Å². The van der Waals surface area contributed by atoms with Gasteiger partial charge in [-0.15, -0.1) is 0 Å². The number of hydrogen-bond acceptors (Lipinski definition) is 5. The molecule has 0 saturated heterocycles. The number of benzene rings is 2. The molecule has 3 aromatic rings. The number of nitrogens with one attached hydrogen (secondary N) is 1. The van der Waals surface area contributed by atoms with Gasteiger partial charge < -0.3 is 15.1 Å². The molecular weight excluding hydrogens is 358 g/mol. The second kappa shape index (κ2) is 10.0. The first-order valence-corrected chi connectivity index (χ1v) is 10.2. The highest BCUT2D eigenvalue weighted by Crippen LogP contribution is 2.28. The Morgan fingerprint density at radius 1 is 0.931 bits per heavy atom. The molecule has 0 bridgehead atoms. The quantitative estimate of drug-likeness (QED) is 0.523. The van der Waals surface area contributed by atoms with Gasteiger partial charge >= 0.3 is 0 Å². The van der Waals surface area contributed by atoms with Gasteiger partial charge in [0.2, 0.25) is 0 Å². The number of aromatic nitrogens is 2. The first kappa shape index (κ1) is 20.8. The summed E-state index contributed by atoms with van der Waals surface area (Å²) in [5, 5.41) is 3.49. The molecular formula is C24H31N5. The molecule has 1 aromatic heterocycles. The molecule has 0 saturated carbocycles. The third kappa shape index (κ3) is 5.78. The molecule has 5 nitrogen and oxygen atoms in total. The molecule has 0 fully saturated rings. The summed E-state index contributed by atoms with van der Waals surface area (Å²) < 4.78 is 0. The second-order valence-electron chi connectivity index (χ2n) is 7.47. The normalized spacial score (nSPS) is 10.9. The van der Waals surface area contributed by atoms with Crippen molar-refractivity contribution in [3.63, 3.8) is 0 Å². The van der Waals surface area contributed by atoms with Gasteiger partial charge in [-0.05, 0) is 58.6 Å². The second-order valence-corrected chi connectivity index (χ2v) is 7.47. The fraction of sp³-hybridized carbons (Fsp3) is 0.333. The Hall–Kier alpha value is -2.92. The van der Waals surface area contributed by atoms with E-state index in [1.165, 1.54) is 5.56 Å². The number of rotatable bonds is 9. The molecule has 0 aliphatic heterocycles. The average Bonchev–Trinajstić information content (AvgIpc) is 2.72. The largest absolute Gasteiger partial charge is 0.370 e. The minimum Gasteiger partial charge on any atom is -0.370 e. The van der Waals surface area contributed by atoms with E-state index in [2.05, 4.69) is 79.5 Å². The first-order chi connectivity index (χ1) is 14.1. The van der Waals surface area contributed by atoms with Gasteiger partial charge in [-0.1, -0.05) is 42.5 Å². The predicted molar refractivity (Wildman–Crippen MR) is 123 cm³/mol. The van der Waals surface area contributed by atoms with Crippen LogP contribution in [0.3, 0.4) is 0 Å². The molecule has 0 aliphatic carbocycles. The molecule has 5 heteroatoms. The standard InChI is InChI=1S/C24H31N5/c1-5-29(21-14-9-11-19(2)17-21)23-18-22(25-15-10-16-28(3)4)26-24(27-23)20-12-7-6-8-13-20/h6-9,11-14,17-18H,5,10,15-16H2,1-4H3,(H,25,26,27). The SMILES string of the molecule is CCN(c1cccc(C)c1)c1cc(NCCCN(C)C)nc(-c2ccccc2)n1. The fourth-order valence-electron chi connectivity index (χ4n) is 3.26. The van der Waals surface area contributed by atoms with E-state index in [0.29, 0.717) is 0 Å². The highest BCUT2D eigenvalue weighted by molar-refractivity contribution is 5.67. The summed E-state index contributed by atoms with van der Waals surface area (Å²) in [6.07, 6.45) is 1.06. The van der Waals surface area contributed by atoms with Gasteiger partial charge in [-0.25, -0.2) is 9.97 Å². The number of nitrogens with zero attached hydrogens (tertiary/aromatic N) is 4. The molecule has 1 heterocycles. The number of anilines is 3. The van der Waals surface area contributed by atoms with Gasteiger partial charge in [0.05, 0.1) is 0 Å². The Balaban J connectivity index is 1.95. The molecule has 2 aromatic carbocycles. The minimum absolute atomic E-state index is 0.740. The van der Waals surface area contributed by atoms with Gasteiger partial charge in [0.25, 0.3) is 0 Å². The van der Waals surface area contributed by atoms with Crippen molar-refractivity contribution >= 4 is 17.3 Å². The zero-order valence-corrected chi connectivity index (χ0v) is 17.9. The van der Waals surface area contributed by atoms with Crippen molar-refractivity contribution in [2.75, 3.05) is 43.9 Å². The molecule has 0 radical (unpaired) electrons. The van der Waals surface area contributed by atoms with E-state index in [1.807, 2.05) is 24.3 Å². The van der Waals surface area contributed by atoms with E-state index in [1.54, 1.807) is 0 Å². The summed E-state index contributed by atoms with van der Waals surface area (Å²) in [7, 11) is 4.19. The lowest BCUT2D eigenvalue weighted by Crippen LogP contribution is -2.19. The summed E-state index contributed by atoms with van der Waals surface area (Å²) in [5.41, 5.74) is 3.40. The summed E-state index contributed by atoms with van der Waals surface area (Å²) in [6, 6.07) is 20.7. The highest BCUT2D eigenvalue weighted by atomic mass is 15.2. The van der Waals surface area contributed by atoms with Crippen molar-refractivity contribution in [3.8, 4) is 11.4 Å². The summed E-state index contributed by atoms with van der Waals surface area (Å²) >= 11 is 0. The predicted octanol–water partition coefficient (Wildman–Crippen LogP) is 4.97. The Morgan fingerprint density at radius 3 is 2.41 bits per heavy atom. The lowest BCUT2D eigenvalue weighted by molar-refractivity contribution is 0.405. The zero-order valence-electron chi connectivity index (χ0n) is 17.9. The highest BCUT2D eigenvalue weighted by Gasteiger charge is 2.14. The van der Waals surface area contributed by atoms with Crippen LogP contribution in [0.5, 0.6) is 0 Å². The van der Waals surface area contributed by atoms with Gasteiger partial charge in [0.1, 0.15) is 11.6 Å². The third-order valence-electron chi connectivity index (χ3n) is 4.74. The molecule has 29 heavy (non-hydrogen) atoms. The molecule has 1 N–H and O–H groups in total. The van der Waals surface area contributed by atoms with Crippen molar-refractivity contribution < 1.29 is 0 Å². The van der Waals surface area contributed by atoms with Crippen LogP contribution in [0.15, 0.2) is 60.7 Å². The van der Waals surface area contributed by atoms with Crippen molar-refractivity contribution in [3.05, 3.63) is 66.2 Å². The topological polar surface area (TPSA) is 44.3 Å². The minimum atomic E-state index is 0.740. The fourth-order valence-corrected chi connectivity index (χ4v) is 3.26. The first-order valence-electron chi connectivity index (χ1n) is 10.2. The smallest absolute Gasteiger partial charge is 0.163 e. The number of aryl methyl sites for hydroxylation is 1. The van der Waals surface area contributed by atoms with Crippen LogP contribution in [0.25, 0.3) is 11.4 Å². The van der Waals surface area contributed by atoms with Crippen LogP contribution in [-0.2, 0) is 0 Å². The van der Waals surface area contributed by atoms with E-state index >= 15 is 0 Å². The molecule has 0 aliphatic rings. The molecule has 3 rings (SSSR count). The average molecular weight is 390 g/mol. The summed E-state index contributed by atoms with van der Waals surface area (Å²) in [4.78, 5) is 14.1. The molecule has 0 unspecified atom stereocenters. The Bertz CT molecular complexity index is 908. The summed E-state index contributed by atoms with van der Waals surface area (Å²) in [5.74, 6) is 2.50. The van der Waals surface area contributed by atoms with Gasteiger partial charge in [0.15, 0.2) is 5.82 Å². The summed E-state index contributed by atoms with van der Waals surface area (Å²) in [6.45, 7) is 7.01. The van der Waals surface area contributed by atoms with Crippen LogP contribution < -0.4 is 10.2 Å². The third-order valence-corrected chi connectivity index (χ3v) is 4.74. The van der Waals surface area contributed by atoms with E-state index in [4.69, 9.17) is 9.97 Å². The molecule has 152 valence electrons. The maximum absolute atomic E-state index is 4.90. The van der Waals surface area contributed by atoms with Crippen LogP contribution in [0, 0.1) is 6.92 Å². The molecule has 0 spiro atoms. The zero-order chi connectivity index (χ0) is 20.6. The van der Waals surface area contributed by atoms with Crippen molar-refractivity contribution in [1.82, 2.24) is 14.9 Å². The van der Waals surface area contributed by atoms with Crippen LogP contribution in [0.4, 0.5) is 17.3 Å². The molecule has 0 atom stereocenters. The maximum atomic E-state index is 4.90.